The van der Waals surface area contributed by atoms with Crippen molar-refractivity contribution in [1.29, 1.82) is 0 Å². The van der Waals surface area contributed by atoms with Crippen LogP contribution in [0.1, 0.15) is 37.2 Å². The minimum Gasteiger partial charge on any atom is -0.455 e. The number of carbonyl (C=O) groups is 2. The predicted octanol–water partition coefficient (Wildman–Crippen LogP) is 3.27. The second-order valence-corrected chi connectivity index (χ2v) is 4.20. The number of benzene rings is 1. The fourth-order valence-electron chi connectivity index (χ4n) is 1.82. The average molecular weight is 274 g/mol. The second kappa shape index (κ2) is 7.28. The van der Waals surface area contributed by atoms with Crippen molar-refractivity contribution in [3.8, 4) is 0 Å². The molecule has 0 fully saturated rings. The molecule has 0 saturated heterocycles. The minimum atomic E-state index is -0.497. The van der Waals surface area contributed by atoms with Crippen LogP contribution in [-0.2, 0) is 19.1 Å². The van der Waals surface area contributed by atoms with Gasteiger partial charge >= 0.3 is 11.9 Å². The first-order valence-corrected chi connectivity index (χ1v) is 6.24. The van der Waals surface area contributed by atoms with E-state index in [9.17, 15) is 9.59 Å². The van der Waals surface area contributed by atoms with Crippen LogP contribution < -0.4 is 0 Å². The zero-order chi connectivity index (χ0) is 15.1. The highest BCUT2D eigenvalue weighted by Crippen LogP contribution is 2.28. The molecule has 1 aromatic rings. The Labute approximate surface area is 118 Å². The third-order valence-corrected chi connectivity index (χ3v) is 2.79. The summed E-state index contributed by atoms with van der Waals surface area (Å²) in [7, 11) is 0. The Balaban J connectivity index is 2.97. The van der Waals surface area contributed by atoms with Crippen LogP contribution in [0.2, 0.25) is 0 Å². The molecule has 4 nitrogen and oxygen atoms in total. The summed E-state index contributed by atoms with van der Waals surface area (Å²) in [5, 5.41) is 0. The maximum atomic E-state index is 11.3. The molecule has 0 aliphatic rings. The van der Waals surface area contributed by atoms with E-state index in [0.29, 0.717) is 0 Å². The SMILES string of the molecule is C=CC(=O)OC(C)c1ccccc1C(C)OC(=O)C=C. The molecule has 0 bridgehead atoms. The topological polar surface area (TPSA) is 52.6 Å². The fraction of sp³-hybridized carbons (Fsp3) is 0.250. The molecule has 4 heteroatoms. The van der Waals surface area contributed by atoms with E-state index in [1.165, 1.54) is 0 Å². The van der Waals surface area contributed by atoms with E-state index in [0.717, 1.165) is 23.3 Å². The molecular weight excluding hydrogens is 256 g/mol. The van der Waals surface area contributed by atoms with Gasteiger partial charge in [0.15, 0.2) is 0 Å². The average Bonchev–Trinajstić information content (AvgIpc) is 2.46. The number of hydrogen-bond acceptors (Lipinski definition) is 4. The lowest BCUT2D eigenvalue weighted by atomic mass is 9.99. The highest BCUT2D eigenvalue weighted by atomic mass is 16.5. The van der Waals surface area contributed by atoms with E-state index in [2.05, 4.69) is 13.2 Å². The quantitative estimate of drug-likeness (QED) is 0.590. The number of rotatable bonds is 6. The van der Waals surface area contributed by atoms with Crippen molar-refractivity contribution < 1.29 is 19.1 Å². The van der Waals surface area contributed by atoms with E-state index in [-0.39, 0.29) is 0 Å². The van der Waals surface area contributed by atoms with Crippen LogP contribution in [-0.4, -0.2) is 11.9 Å². The molecule has 2 atom stereocenters. The van der Waals surface area contributed by atoms with Crippen LogP contribution in [0, 0.1) is 0 Å². The van der Waals surface area contributed by atoms with Gasteiger partial charge in [-0.1, -0.05) is 37.4 Å². The van der Waals surface area contributed by atoms with Crippen LogP contribution in [0.25, 0.3) is 0 Å². The van der Waals surface area contributed by atoms with Crippen molar-refractivity contribution in [3.05, 3.63) is 60.7 Å². The summed E-state index contributed by atoms with van der Waals surface area (Å²) in [6.45, 7) is 10.2. The molecule has 1 aromatic carbocycles. The minimum absolute atomic E-state index is 0.457. The van der Waals surface area contributed by atoms with Gasteiger partial charge in [-0.05, 0) is 25.0 Å². The van der Waals surface area contributed by atoms with Crippen LogP contribution in [0.4, 0.5) is 0 Å². The van der Waals surface area contributed by atoms with Crippen LogP contribution in [0.3, 0.4) is 0 Å². The van der Waals surface area contributed by atoms with Gasteiger partial charge < -0.3 is 9.47 Å². The van der Waals surface area contributed by atoms with E-state index >= 15 is 0 Å². The van der Waals surface area contributed by atoms with Crippen molar-refractivity contribution in [2.75, 3.05) is 0 Å². The summed E-state index contributed by atoms with van der Waals surface area (Å²) in [6.07, 6.45) is 1.31. The maximum Gasteiger partial charge on any atom is 0.330 e. The molecule has 0 aliphatic heterocycles. The van der Waals surface area contributed by atoms with Gasteiger partial charge in [0, 0.05) is 12.2 Å². The van der Waals surface area contributed by atoms with Gasteiger partial charge in [0.1, 0.15) is 12.2 Å². The molecule has 106 valence electrons. The summed E-state index contributed by atoms with van der Waals surface area (Å²) in [4.78, 5) is 22.5. The third kappa shape index (κ3) is 4.09. The summed E-state index contributed by atoms with van der Waals surface area (Å²) in [5.41, 5.74) is 1.57. The number of hydrogen-bond donors (Lipinski definition) is 0. The molecule has 1 rings (SSSR count). The molecule has 0 aromatic heterocycles. The Bertz CT molecular complexity index is 472. The number of esters is 2. The highest BCUT2D eigenvalue weighted by molar-refractivity contribution is 5.82. The Hall–Kier alpha value is -2.36. The van der Waals surface area contributed by atoms with Gasteiger partial charge in [0.05, 0.1) is 0 Å². The van der Waals surface area contributed by atoms with Gasteiger partial charge in [0.25, 0.3) is 0 Å². The Morgan fingerprint density at radius 2 is 1.30 bits per heavy atom. The third-order valence-electron chi connectivity index (χ3n) is 2.79. The molecule has 0 spiro atoms. The zero-order valence-corrected chi connectivity index (χ0v) is 11.7. The lowest BCUT2D eigenvalue weighted by Gasteiger charge is -2.20. The lowest BCUT2D eigenvalue weighted by Crippen LogP contribution is -2.12. The van der Waals surface area contributed by atoms with E-state index in [1.54, 1.807) is 13.8 Å². The molecule has 0 aliphatic carbocycles. The largest absolute Gasteiger partial charge is 0.455 e. The molecule has 0 radical (unpaired) electrons. The first-order chi connectivity index (χ1) is 9.49. The van der Waals surface area contributed by atoms with Crippen LogP contribution >= 0.6 is 0 Å². The van der Waals surface area contributed by atoms with Crippen molar-refractivity contribution in [1.82, 2.24) is 0 Å². The second-order valence-electron chi connectivity index (χ2n) is 4.20. The Morgan fingerprint density at radius 3 is 1.60 bits per heavy atom. The number of ether oxygens (including phenoxy) is 2. The number of carbonyl (C=O) groups excluding carboxylic acids is 2. The van der Waals surface area contributed by atoms with Gasteiger partial charge in [-0.15, -0.1) is 0 Å². The van der Waals surface area contributed by atoms with E-state index in [4.69, 9.17) is 9.47 Å². The monoisotopic (exact) mass is 274 g/mol. The summed E-state index contributed by atoms with van der Waals surface area (Å²) in [5.74, 6) is -0.994. The molecule has 0 heterocycles. The van der Waals surface area contributed by atoms with Gasteiger partial charge in [-0.3, -0.25) is 0 Å². The standard InChI is InChI=1S/C16H18O4/c1-5-15(17)19-11(3)13-9-7-8-10-14(13)12(4)20-16(18)6-2/h5-12H,1-2H2,3-4H3. The molecule has 0 saturated carbocycles. The van der Waals surface area contributed by atoms with Gasteiger partial charge in [-0.25, -0.2) is 9.59 Å². The summed E-state index contributed by atoms with van der Waals surface area (Å²) in [6, 6.07) is 7.32. The first kappa shape index (κ1) is 15.7. The van der Waals surface area contributed by atoms with E-state index in [1.807, 2.05) is 24.3 Å². The normalized spacial score (nSPS) is 12.9. The van der Waals surface area contributed by atoms with Crippen LogP contribution in [0.5, 0.6) is 0 Å². The lowest BCUT2D eigenvalue weighted by molar-refractivity contribution is -0.144. The van der Waals surface area contributed by atoms with Crippen molar-refractivity contribution in [2.45, 2.75) is 26.1 Å². The zero-order valence-electron chi connectivity index (χ0n) is 11.7. The Morgan fingerprint density at radius 1 is 0.950 bits per heavy atom. The molecule has 20 heavy (non-hydrogen) atoms. The van der Waals surface area contributed by atoms with E-state index < -0.39 is 24.1 Å². The first-order valence-electron chi connectivity index (χ1n) is 6.24. The van der Waals surface area contributed by atoms with Crippen molar-refractivity contribution >= 4 is 11.9 Å². The molecule has 0 amide bonds. The smallest absolute Gasteiger partial charge is 0.330 e. The molecule has 0 N–H and O–H groups in total. The van der Waals surface area contributed by atoms with Gasteiger partial charge in [-0.2, -0.15) is 0 Å². The summed E-state index contributed by atoms with van der Waals surface area (Å²) >= 11 is 0. The fourth-order valence-corrected chi connectivity index (χ4v) is 1.82. The molecule has 2 unspecified atom stereocenters. The highest BCUT2D eigenvalue weighted by Gasteiger charge is 2.19. The molecular formula is C16H18O4. The maximum absolute atomic E-state index is 11.3. The van der Waals surface area contributed by atoms with Crippen molar-refractivity contribution in [3.63, 3.8) is 0 Å². The van der Waals surface area contributed by atoms with Gasteiger partial charge in [0.2, 0.25) is 0 Å². The predicted molar refractivity (Wildman–Crippen MR) is 75.9 cm³/mol. The summed E-state index contributed by atoms with van der Waals surface area (Å²) < 4.78 is 10.4. The Kier molecular flexibility index (Phi) is 5.72. The van der Waals surface area contributed by atoms with Crippen molar-refractivity contribution in [2.24, 2.45) is 0 Å². The van der Waals surface area contributed by atoms with Crippen LogP contribution in [0.15, 0.2) is 49.6 Å².